The van der Waals surface area contributed by atoms with E-state index in [2.05, 4.69) is 31.0 Å². The van der Waals surface area contributed by atoms with Crippen LogP contribution in [0.4, 0.5) is 14.6 Å². The fourth-order valence-corrected chi connectivity index (χ4v) is 8.26. The first-order chi connectivity index (χ1) is 23.3. The third-order valence-corrected chi connectivity index (χ3v) is 11.0. The Morgan fingerprint density at radius 3 is 2.79 bits per heavy atom. The number of nitrogens with one attached hydrogen (secondary N) is 1. The number of pyridine rings is 1. The van der Waals surface area contributed by atoms with Crippen LogP contribution in [0.5, 0.6) is 17.6 Å². The minimum absolute atomic E-state index is 0.0102. The number of hydrogen-bond donors (Lipinski definition) is 2. The number of anilines is 1. The van der Waals surface area contributed by atoms with E-state index in [1.54, 1.807) is 7.11 Å². The lowest BCUT2D eigenvalue weighted by Crippen LogP contribution is -2.60. The molecule has 2 aromatic heterocycles. The molecule has 4 fully saturated rings. The summed E-state index contributed by atoms with van der Waals surface area (Å²) in [4.78, 5) is 18.9. The molecule has 9 rings (SSSR count). The average molecular weight is 655 g/mol. The number of halogens is 2. The lowest BCUT2D eigenvalue weighted by molar-refractivity contribution is 0.100. The summed E-state index contributed by atoms with van der Waals surface area (Å²) in [5, 5.41) is 15.4. The van der Waals surface area contributed by atoms with Crippen molar-refractivity contribution in [2.75, 3.05) is 51.4 Å². The molecule has 12 heteroatoms. The molecule has 48 heavy (non-hydrogen) atoms. The molecule has 5 aliphatic rings. The number of terminal acetylenes is 1. The molecule has 2 bridgehead atoms. The van der Waals surface area contributed by atoms with E-state index in [-0.39, 0.29) is 75.0 Å². The number of piperazine rings is 1. The fourth-order valence-electron chi connectivity index (χ4n) is 8.26. The van der Waals surface area contributed by atoms with Crippen molar-refractivity contribution < 1.29 is 28.1 Å². The number of hydrogen-bond acceptors (Lipinski definition) is 10. The number of likely N-dealkylation sites (tertiary alicyclic amines) is 1. The smallest absolute Gasteiger partial charge is 0.319 e. The van der Waals surface area contributed by atoms with Gasteiger partial charge in [-0.2, -0.15) is 9.97 Å². The summed E-state index contributed by atoms with van der Waals surface area (Å²) >= 11 is 0. The molecule has 4 atom stereocenters. The third-order valence-electron chi connectivity index (χ3n) is 11.0. The second-order valence-electron chi connectivity index (χ2n) is 14.0. The molecule has 248 valence electrons. The van der Waals surface area contributed by atoms with Crippen LogP contribution >= 0.6 is 0 Å². The SMILES string of the molecule is C#Cc1c(F)ccc2cc(O)cc(-c3nc4c5c(nc(OCC6(CN7CC[C@H](OC)C7)CC6)nc5c3F)N3C[C@H]5CC[C@H](N5)[C@H]3CO4)c12. The van der Waals surface area contributed by atoms with E-state index >= 15 is 4.39 Å². The zero-order valence-corrected chi connectivity index (χ0v) is 26.6. The molecule has 0 amide bonds. The van der Waals surface area contributed by atoms with Crippen molar-refractivity contribution in [3.63, 3.8) is 0 Å². The van der Waals surface area contributed by atoms with Crippen LogP contribution in [-0.4, -0.2) is 95.7 Å². The second-order valence-corrected chi connectivity index (χ2v) is 14.0. The highest BCUT2D eigenvalue weighted by molar-refractivity contribution is 6.04. The summed E-state index contributed by atoms with van der Waals surface area (Å²) in [5.41, 5.74) is -0.0938. The number of fused-ring (bicyclic) bond motifs is 6. The maximum absolute atomic E-state index is 17.1. The number of rotatable bonds is 7. The summed E-state index contributed by atoms with van der Waals surface area (Å²) in [7, 11) is 1.76. The number of phenols is 1. The van der Waals surface area contributed by atoms with Crippen molar-refractivity contribution in [2.45, 2.75) is 56.3 Å². The van der Waals surface area contributed by atoms with Gasteiger partial charge in [0.25, 0.3) is 0 Å². The number of methoxy groups -OCH3 is 1. The highest BCUT2D eigenvalue weighted by Gasteiger charge is 2.47. The van der Waals surface area contributed by atoms with E-state index in [0.29, 0.717) is 36.3 Å². The van der Waals surface area contributed by atoms with Gasteiger partial charge in [-0.1, -0.05) is 12.0 Å². The van der Waals surface area contributed by atoms with Crippen molar-refractivity contribution in [1.82, 2.24) is 25.2 Å². The number of nitrogens with zero attached hydrogens (tertiary/aromatic N) is 5. The van der Waals surface area contributed by atoms with Crippen LogP contribution in [0.15, 0.2) is 24.3 Å². The quantitative estimate of drug-likeness (QED) is 0.279. The fraction of sp³-hybridized carbons (Fsp3) is 0.472. The third kappa shape index (κ3) is 4.82. The van der Waals surface area contributed by atoms with Gasteiger partial charge in [0, 0.05) is 61.7 Å². The van der Waals surface area contributed by atoms with Crippen molar-refractivity contribution >= 4 is 27.5 Å². The Hall–Kier alpha value is -4.31. The Morgan fingerprint density at radius 1 is 1.12 bits per heavy atom. The van der Waals surface area contributed by atoms with E-state index in [1.807, 2.05) is 0 Å². The zero-order chi connectivity index (χ0) is 32.7. The van der Waals surface area contributed by atoms with Crippen LogP contribution in [-0.2, 0) is 4.74 Å². The predicted molar refractivity (Wildman–Crippen MR) is 175 cm³/mol. The topological polar surface area (TPSA) is 105 Å². The number of benzene rings is 2. The minimum Gasteiger partial charge on any atom is -0.508 e. The van der Waals surface area contributed by atoms with Crippen LogP contribution in [0.1, 0.15) is 37.7 Å². The predicted octanol–water partition coefficient (Wildman–Crippen LogP) is 4.39. The van der Waals surface area contributed by atoms with E-state index in [4.69, 9.17) is 25.6 Å². The number of aromatic nitrogens is 3. The van der Waals surface area contributed by atoms with Gasteiger partial charge in [0.2, 0.25) is 5.88 Å². The molecule has 0 spiro atoms. The van der Waals surface area contributed by atoms with E-state index < -0.39 is 11.6 Å². The number of ether oxygens (including phenoxy) is 3. The Labute approximate surface area is 276 Å². The van der Waals surface area contributed by atoms with Gasteiger partial charge < -0.3 is 29.5 Å². The molecule has 3 saturated heterocycles. The Kier molecular flexibility index (Phi) is 6.90. The second kappa shape index (κ2) is 11.1. The van der Waals surface area contributed by atoms with Gasteiger partial charge in [-0.15, -0.1) is 6.42 Å². The molecule has 2 aromatic carbocycles. The van der Waals surface area contributed by atoms with Gasteiger partial charge in [-0.05, 0) is 55.7 Å². The van der Waals surface area contributed by atoms with Crippen LogP contribution in [0, 0.1) is 29.4 Å². The largest absolute Gasteiger partial charge is 0.508 e. The first kappa shape index (κ1) is 29.8. The van der Waals surface area contributed by atoms with Gasteiger partial charge in [-0.25, -0.2) is 13.8 Å². The summed E-state index contributed by atoms with van der Waals surface area (Å²) in [6, 6.07) is 6.02. The molecule has 0 unspecified atom stereocenters. The van der Waals surface area contributed by atoms with Crippen molar-refractivity contribution in [3.05, 3.63) is 41.5 Å². The first-order valence-electron chi connectivity index (χ1n) is 16.7. The Morgan fingerprint density at radius 2 is 2.00 bits per heavy atom. The molecule has 6 heterocycles. The lowest BCUT2D eigenvalue weighted by Gasteiger charge is -2.40. The van der Waals surface area contributed by atoms with Gasteiger partial charge in [0.05, 0.1) is 24.3 Å². The molecule has 0 radical (unpaired) electrons. The zero-order valence-electron chi connectivity index (χ0n) is 26.6. The Balaban J connectivity index is 1.17. The van der Waals surface area contributed by atoms with Crippen molar-refractivity contribution in [3.8, 4) is 41.2 Å². The van der Waals surface area contributed by atoms with E-state index in [0.717, 1.165) is 51.7 Å². The molecular formula is C36H36F2N6O4. The van der Waals surface area contributed by atoms with Gasteiger partial charge >= 0.3 is 6.01 Å². The van der Waals surface area contributed by atoms with E-state index in [1.165, 1.54) is 24.3 Å². The first-order valence-corrected chi connectivity index (χ1v) is 16.7. The summed E-state index contributed by atoms with van der Waals surface area (Å²) in [5.74, 6) is 1.57. The Bertz CT molecular complexity index is 2020. The standard InChI is InChI=1S/C36H36F2N6O4/c1-3-23-25(37)6-4-19-12-21(45)13-24(28(19)23)31-30(38)32-29-33(44-14-20-5-7-26(39-20)27(44)16-47-34(29)40-31)42-35(41-32)48-18-36(9-10-36)17-43-11-8-22(15-43)46-2/h1,4,6,12-13,20,22,26-27,39,45H,5,7-11,14-18H2,2H3/t20-,22+,26+,27-/m1/s1. The van der Waals surface area contributed by atoms with Crippen molar-refractivity contribution in [1.29, 1.82) is 0 Å². The highest BCUT2D eigenvalue weighted by atomic mass is 19.1. The van der Waals surface area contributed by atoms with Gasteiger partial charge in [0.1, 0.15) is 40.6 Å². The number of aromatic hydroxyl groups is 1. The van der Waals surface area contributed by atoms with Gasteiger partial charge in [-0.3, -0.25) is 4.90 Å². The summed E-state index contributed by atoms with van der Waals surface area (Å²) in [6.45, 7) is 4.18. The van der Waals surface area contributed by atoms with Crippen molar-refractivity contribution in [2.24, 2.45) is 5.41 Å². The molecule has 4 aromatic rings. The minimum atomic E-state index is -0.759. The highest BCUT2D eigenvalue weighted by Crippen LogP contribution is 2.48. The van der Waals surface area contributed by atoms with Crippen LogP contribution in [0.2, 0.25) is 0 Å². The summed E-state index contributed by atoms with van der Waals surface area (Å²) < 4.78 is 50.3. The lowest BCUT2D eigenvalue weighted by atomic mass is 9.95. The molecule has 1 saturated carbocycles. The molecular weight excluding hydrogens is 618 g/mol. The molecule has 1 aliphatic carbocycles. The van der Waals surface area contributed by atoms with E-state index in [9.17, 15) is 9.50 Å². The average Bonchev–Trinajstić information content (AvgIpc) is 3.57. The molecule has 10 nitrogen and oxygen atoms in total. The maximum Gasteiger partial charge on any atom is 0.319 e. The van der Waals surface area contributed by atoms with Crippen LogP contribution in [0.25, 0.3) is 32.9 Å². The van der Waals surface area contributed by atoms with Crippen LogP contribution < -0.4 is 19.7 Å². The molecule has 4 aliphatic heterocycles. The normalized spacial score (nSPS) is 25.5. The van der Waals surface area contributed by atoms with Gasteiger partial charge in [0.15, 0.2) is 5.82 Å². The summed E-state index contributed by atoms with van der Waals surface area (Å²) in [6.07, 6.45) is 11.1. The maximum atomic E-state index is 17.1. The number of phenolic OH excluding ortho intramolecular Hbond substituents is 1. The monoisotopic (exact) mass is 654 g/mol. The van der Waals surface area contributed by atoms with Crippen LogP contribution in [0.3, 0.4) is 0 Å². The molecule has 2 N–H and O–H groups in total.